The topological polar surface area (TPSA) is 131 Å². The van der Waals surface area contributed by atoms with Gasteiger partial charge >= 0.3 is 5.97 Å². The summed E-state index contributed by atoms with van der Waals surface area (Å²) >= 11 is 4.97. The molecule has 0 bridgehead atoms. The molecule has 2 rings (SSSR count). The van der Waals surface area contributed by atoms with Crippen molar-refractivity contribution in [2.24, 2.45) is 0 Å². The third-order valence-electron chi connectivity index (χ3n) is 3.21. The molecule has 3 N–H and O–H groups in total. The van der Waals surface area contributed by atoms with Gasteiger partial charge in [0, 0.05) is 17.7 Å². The second-order valence-electron chi connectivity index (χ2n) is 4.94. The predicted octanol–water partition coefficient (Wildman–Crippen LogP) is 2.21. The number of rotatable bonds is 4. The summed E-state index contributed by atoms with van der Waals surface area (Å²) in [5.41, 5.74) is 0.0497. The van der Waals surface area contributed by atoms with Gasteiger partial charge in [0.25, 0.3) is 11.6 Å². The molecule has 0 spiro atoms. The van der Waals surface area contributed by atoms with Gasteiger partial charge in [-0.2, -0.15) is 0 Å². The Hall–Kier alpha value is -3.53. The fourth-order valence-electron chi connectivity index (χ4n) is 1.97. The van der Waals surface area contributed by atoms with E-state index in [9.17, 15) is 24.8 Å². The van der Waals surface area contributed by atoms with Crippen LogP contribution in [0.1, 0.15) is 20.7 Å². The molecule has 0 heterocycles. The number of methoxy groups -OCH3 is 1. The molecule has 134 valence electrons. The van der Waals surface area contributed by atoms with Gasteiger partial charge in [-0.25, -0.2) is 4.79 Å². The van der Waals surface area contributed by atoms with Crippen molar-refractivity contribution < 1.29 is 24.4 Å². The lowest BCUT2D eigenvalue weighted by Crippen LogP contribution is -2.34. The van der Waals surface area contributed by atoms with Crippen molar-refractivity contribution in [3.05, 3.63) is 63.7 Å². The third-order valence-corrected chi connectivity index (χ3v) is 3.42. The van der Waals surface area contributed by atoms with Crippen LogP contribution in [0.3, 0.4) is 0 Å². The Balaban J connectivity index is 2.11. The van der Waals surface area contributed by atoms with Crippen LogP contribution in [0.4, 0.5) is 11.4 Å². The average Bonchev–Trinajstić information content (AvgIpc) is 2.62. The zero-order valence-electron chi connectivity index (χ0n) is 13.4. The smallest absolute Gasteiger partial charge is 0.337 e. The lowest BCUT2D eigenvalue weighted by Gasteiger charge is -2.11. The van der Waals surface area contributed by atoms with E-state index in [-0.39, 0.29) is 33.4 Å². The van der Waals surface area contributed by atoms with Gasteiger partial charge in [-0.1, -0.05) is 6.07 Å². The quantitative estimate of drug-likeness (QED) is 0.244. The molecule has 0 unspecified atom stereocenters. The molecule has 0 saturated carbocycles. The van der Waals surface area contributed by atoms with Crippen molar-refractivity contribution in [1.82, 2.24) is 5.32 Å². The molecule has 0 radical (unpaired) electrons. The number of phenols is 1. The maximum absolute atomic E-state index is 12.2. The van der Waals surface area contributed by atoms with Crippen LogP contribution in [0.5, 0.6) is 5.75 Å². The molecular formula is C16H13N3O6S. The Morgan fingerprint density at radius 1 is 1.19 bits per heavy atom. The Bertz CT molecular complexity index is 899. The molecule has 2 aromatic carbocycles. The van der Waals surface area contributed by atoms with Gasteiger partial charge in [0.1, 0.15) is 5.75 Å². The number of anilines is 1. The predicted molar refractivity (Wildman–Crippen MR) is 96.2 cm³/mol. The highest BCUT2D eigenvalue weighted by Gasteiger charge is 2.14. The van der Waals surface area contributed by atoms with Crippen LogP contribution in [0.15, 0.2) is 42.5 Å². The highest BCUT2D eigenvalue weighted by atomic mass is 32.1. The first-order chi connectivity index (χ1) is 12.3. The fourth-order valence-corrected chi connectivity index (χ4v) is 2.17. The van der Waals surface area contributed by atoms with Gasteiger partial charge in [-0.3, -0.25) is 20.2 Å². The number of hydrogen-bond donors (Lipinski definition) is 3. The number of amides is 1. The van der Waals surface area contributed by atoms with Gasteiger partial charge in [0.05, 0.1) is 23.3 Å². The van der Waals surface area contributed by atoms with Gasteiger partial charge in [-0.15, -0.1) is 0 Å². The maximum atomic E-state index is 12.2. The minimum atomic E-state index is -0.634. The number of thiocarbonyl (C=S) groups is 1. The van der Waals surface area contributed by atoms with Crippen molar-refractivity contribution in [3.8, 4) is 5.75 Å². The molecule has 10 heteroatoms. The summed E-state index contributed by atoms with van der Waals surface area (Å²) in [6.45, 7) is 0. The van der Waals surface area contributed by atoms with Gasteiger partial charge in [-0.05, 0) is 36.5 Å². The molecular weight excluding hydrogens is 362 g/mol. The van der Waals surface area contributed by atoms with Crippen LogP contribution < -0.4 is 10.6 Å². The van der Waals surface area contributed by atoms with Gasteiger partial charge in [0.2, 0.25) is 0 Å². The number of carbonyl (C=O) groups is 2. The zero-order chi connectivity index (χ0) is 19.3. The van der Waals surface area contributed by atoms with Crippen LogP contribution >= 0.6 is 12.2 Å². The normalized spacial score (nSPS) is 9.88. The number of aromatic hydroxyl groups is 1. The molecule has 0 aliphatic carbocycles. The molecule has 9 nitrogen and oxygen atoms in total. The summed E-state index contributed by atoms with van der Waals surface area (Å²) in [6, 6.07) is 9.12. The third kappa shape index (κ3) is 4.51. The number of esters is 1. The van der Waals surface area contributed by atoms with E-state index in [2.05, 4.69) is 15.4 Å². The van der Waals surface area contributed by atoms with Crippen molar-refractivity contribution in [3.63, 3.8) is 0 Å². The van der Waals surface area contributed by atoms with E-state index in [1.165, 1.54) is 31.4 Å². The number of phenolic OH excluding ortho intramolecular Hbond substituents is 1. The van der Waals surface area contributed by atoms with Crippen molar-refractivity contribution in [2.45, 2.75) is 0 Å². The van der Waals surface area contributed by atoms with E-state index in [1.807, 2.05) is 0 Å². The average molecular weight is 375 g/mol. The van der Waals surface area contributed by atoms with Gasteiger partial charge < -0.3 is 15.2 Å². The number of nitro groups is 1. The molecule has 0 atom stereocenters. The van der Waals surface area contributed by atoms with Crippen LogP contribution in [0, 0.1) is 10.1 Å². The summed E-state index contributed by atoms with van der Waals surface area (Å²) < 4.78 is 4.58. The highest BCUT2D eigenvalue weighted by Crippen LogP contribution is 2.27. The molecule has 1 amide bonds. The lowest BCUT2D eigenvalue weighted by atomic mass is 10.1. The van der Waals surface area contributed by atoms with E-state index in [1.54, 1.807) is 0 Å². The molecule has 0 saturated heterocycles. The highest BCUT2D eigenvalue weighted by molar-refractivity contribution is 7.80. The minimum absolute atomic E-state index is 0.0344. The van der Waals surface area contributed by atoms with Gasteiger partial charge in [0.15, 0.2) is 5.11 Å². The van der Waals surface area contributed by atoms with Crippen LogP contribution in [0.2, 0.25) is 0 Å². The lowest BCUT2D eigenvalue weighted by molar-refractivity contribution is -0.384. The molecule has 0 aromatic heterocycles. The van der Waals surface area contributed by atoms with E-state index in [0.29, 0.717) is 0 Å². The first kappa shape index (κ1) is 18.8. The van der Waals surface area contributed by atoms with E-state index < -0.39 is 16.8 Å². The number of non-ortho nitro benzene ring substituents is 1. The second kappa shape index (κ2) is 8.03. The zero-order valence-corrected chi connectivity index (χ0v) is 14.2. The summed E-state index contributed by atoms with van der Waals surface area (Å²) in [7, 11) is 1.22. The standard InChI is InChI=1S/C16H13N3O6S/c1-25-15(22)10-4-2-3-9(7-10)14(21)18-16(26)17-12-8-11(19(23)24)5-6-13(12)20/h2-8,20H,1H3,(H2,17,18,21,26). The van der Waals surface area contributed by atoms with E-state index >= 15 is 0 Å². The largest absolute Gasteiger partial charge is 0.506 e. The first-order valence-corrected chi connectivity index (χ1v) is 7.50. The van der Waals surface area contributed by atoms with Crippen LogP contribution in [-0.4, -0.2) is 34.1 Å². The fraction of sp³-hybridized carbons (Fsp3) is 0.0625. The van der Waals surface area contributed by atoms with Crippen molar-refractivity contribution >= 4 is 40.6 Å². The Labute approximate surface area is 152 Å². The monoisotopic (exact) mass is 375 g/mol. The first-order valence-electron chi connectivity index (χ1n) is 7.10. The summed E-state index contributed by atoms with van der Waals surface area (Å²) in [4.78, 5) is 33.9. The SMILES string of the molecule is COC(=O)c1cccc(C(=O)NC(=S)Nc2cc([N+](=O)[O-])ccc2O)c1. The minimum Gasteiger partial charge on any atom is -0.506 e. The number of benzene rings is 2. The van der Waals surface area contributed by atoms with Crippen molar-refractivity contribution in [2.75, 3.05) is 12.4 Å². The number of nitrogens with one attached hydrogen (secondary N) is 2. The second-order valence-corrected chi connectivity index (χ2v) is 5.35. The number of ether oxygens (including phenoxy) is 1. The summed E-state index contributed by atoms with van der Waals surface area (Å²) in [5, 5.41) is 25.2. The molecule has 26 heavy (non-hydrogen) atoms. The molecule has 2 aromatic rings. The van der Waals surface area contributed by atoms with Crippen molar-refractivity contribution in [1.29, 1.82) is 0 Å². The van der Waals surface area contributed by atoms with Crippen LogP contribution in [0.25, 0.3) is 0 Å². The number of carbonyl (C=O) groups excluding carboxylic acids is 2. The Morgan fingerprint density at radius 2 is 1.88 bits per heavy atom. The molecule has 0 aliphatic heterocycles. The van der Waals surface area contributed by atoms with E-state index in [4.69, 9.17) is 12.2 Å². The molecule has 0 aliphatic rings. The molecule has 0 fully saturated rings. The number of hydrogen-bond acceptors (Lipinski definition) is 7. The number of nitro benzene ring substituents is 1. The summed E-state index contributed by atoms with van der Waals surface area (Å²) in [5.74, 6) is -1.49. The van der Waals surface area contributed by atoms with Crippen LogP contribution in [-0.2, 0) is 4.74 Å². The Morgan fingerprint density at radius 3 is 2.54 bits per heavy atom. The Kier molecular flexibility index (Phi) is 5.81. The maximum Gasteiger partial charge on any atom is 0.337 e. The number of nitrogens with zero attached hydrogens (tertiary/aromatic N) is 1. The summed E-state index contributed by atoms with van der Waals surface area (Å²) in [6.07, 6.45) is 0. The van der Waals surface area contributed by atoms with E-state index in [0.717, 1.165) is 18.2 Å².